The van der Waals surface area contributed by atoms with Crippen molar-refractivity contribution in [1.29, 1.82) is 0 Å². The van der Waals surface area contributed by atoms with Crippen LogP contribution in [0.3, 0.4) is 0 Å². The fraction of sp³-hybridized carbons (Fsp3) is 0.222. The molecule has 0 atom stereocenters. The largest absolute Gasteiger partial charge is 0.484 e. The minimum atomic E-state index is -0.989. The first-order valence-corrected chi connectivity index (χ1v) is 11.1. The Hall–Kier alpha value is -4.13. The molecule has 0 radical (unpaired) electrons. The maximum atomic E-state index is 12.8. The van der Waals surface area contributed by atoms with Gasteiger partial charge in [-0.25, -0.2) is 4.79 Å². The molecule has 5 rings (SSSR count). The second kappa shape index (κ2) is 8.67. The van der Waals surface area contributed by atoms with E-state index in [9.17, 15) is 19.5 Å². The summed E-state index contributed by atoms with van der Waals surface area (Å²) in [6, 6.07) is 21.6. The average molecular weight is 457 g/mol. The van der Waals surface area contributed by atoms with Gasteiger partial charge >= 0.3 is 11.6 Å². The Morgan fingerprint density at radius 2 is 1.59 bits per heavy atom. The molecule has 0 aliphatic carbocycles. The van der Waals surface area contributed by atoms with Crippen LogP contribution in [0.1, 0.15) is 18.4 Å². The van der Waals surface area contributed by atoms with Gasteiger partial charge in [-0.1, -0.05) is 48.5 Å². The quantitative estimate of drug-likeness (QED) is 0.360. The third-order valence-corrected chi connectivity index (χ3v) is 6.66. The van der Waals surface area contributed by atoms with E-state index in [-0.39, 0.29) is 12.5 Å². The zero-order valence-corrected chi connectivity index (χ0v) is 18.4. The highest BCUT2D eigenvalue weighted by molar-refractivity contribution is 6.04. The van der Waals surface area contributed by atoms with Crippen LogP contribution in [0.4, 0.5) is 0 Å². The number of benzene rings is 3. The van der Waals surface area contributed by atoms with Crippen LogP contribution in [0.25, 0.3) is 21.7 Å². The van der Waals surface area contributed by atoms with E-state index in [1.54, 1.807) is 29.2 Å². The van der Waals surface area contributed by atoms with Gasteiger partial charge in [0.1, 0.15) is 11.3 Å². The van der Waals surface area contributed by atoms with Crippen molar-refractivity contribution in [2.24, 2.45) is 0 Å². The summed E-state index contributed by atoms with van der Waals surface area (Å²) in [5.74, 6) is -0.667. The topological polar surface area (TPSA) is 97.0 Å². The van der Waals surface area contributed by atoms with Crippen LogP contribution in [0.15, 0.2) is 82.0 Å². The number of carboxylic acids is 1. The summed E-state index contributed by atoms with van der Waals surface area (Å²) in [5.41, 5.74) is -0.265. The maximum Gasteiger partial charge on any atom is 0.344 e. The lowest BCUT2D eigenvalue weighted by Crippen LogP contribution is -2.50. The Morgan fingerprint density at radius 1 is 0.912 bits per heavy atom. The number of nitrogens with zero attached hydrogens (tertiary/aromatic N) is 1. The van der Waals surface area contributed by atoms with E-state index < -0.39 is 17.0 Å². The lowest BCUT2D eigenvalue weighted by atomic mass is 9.73. The zero-order valence-electron chi connectivity index (χ0n) is 18.4. The Bertz CT molecular complexity index is 1430. The third-order valence-electron chi connectivity index (χ3n) is 6.66. The lowest BCUT2D eigenvalue weighted by molar-refractivity contribution is -0.148. The molecule has 172 valence electrons. The molecule has 7 heteroatoms. The molecule has 7 nitrogen and oxygen atoms in total. The summed E-state index contributed by atoms with van der Waals surface area (Å²) < 4.78 is 11.1. The average Bonchev–Trinajstić information content (AvgIpc) is 2.87. The number of hydrogen-bond donors (Lipinski definition) is 1. The molecule has 3 aromatic carbocycles. The van der Waals surface area contributed by atoms with Gasteiger partial charge in [0, 0.05) is 24.5 Å². The number of ether oxygens (including phenoxy) is 1. The van der Waals surface area contributed by atoms with E-state index in [4.69, 9.17) is 9.15 Å². The van der Waals surface area contributed by atoms with Crippen LogP contribution >= 0.6 is 0 Å². The van der Waals surface area contributed by atoms with Crippen molar-refractivity contribution < 1.29 is 23.8 Å². The molecule has 1 aromatic heterocycles. The highest BCUT2D eigenvalue weighted by Crippen LogP contribution is 2.36. The van der Waals surface area contributed by atoms with Crippen molar-refractivity contribution in [2.45, 2.75) is 18.3 Å². The van der Waals surface area contributed by atoms with Crippen molar-refractivity contribution in [3.63, 3.8) is 0 Å². The summed E-state index contributed by atoms with van der Waals surface area (Å²) in [4.78, 5) is 38.8. The lowest BCUT2D eigenvalue weighted by Gasteiger charge is -2.39. The number of piperidine rings is 1. The second-order valence-electron chi connectivity index (χ2n) is 8.52. The molecule has 1 amide bonds. The van der Waals surface area contributed by atoms with Gasteiger partial charge in [-0.2, -0.15) is 0 Å². The summed E-state index contributed by atoms with van der Waals surface area (Å²) >= 11 is 0. The van der Waals surface area contributed by atoms with Crippen molar-refractivity contribution >= 4 is 33.6 Å². The van der Waals surface area contributed by atoms with Crippen molar-refractivity contribution in [2.75, 3.05) is 19.7 Å². The van der Waals surface area contributed by atoms with Crippen molar-refractivity contribution in [1.82, 2.24) is 4.90 Å². The van der Waals surface area contributed by atoms with Crippen LogP contribution in [0, 0.1) is 0 Å². The number of aliphatic carboxylic acids is 1. The molecule has 2 heterocycles. The van der Waals surface area contributed by atoms with Crippen LogP contribution < -0.4 is 10.4 Å². The molecule has 34 heavy (non-hydrogen) atoms. The van der Waals surface area contributed by atoms with Gasteiger partial charge in [0.25, 0.3) is 5.91 Å². The zero-order chi connectivity index (χ0) is 23.7. The minimum Gasteiger partial charge on any atom is -0.484 e. The number of likely N-dealkylation sites (tertiary alicyclic amines) is 1. The minimum absolute atomic E-state index is 0.186. The van der Waals surface area contributed by atoms with E-state index in [0.29, 0.717) is 42.6 Å². The number of carbonyl (C=O) groups is 2. The maximum absolute atomic E-state index is 12.8. The summed E-state index contributed by atoms with van der Waals surface area (Å²) in [5, 5.41) is 12.0. The molecule has 0 unspecified atom stereocenters. The molecule has 0 spiro atoms. The molecule has 4 aromatic rings. The number of carboxylic acid groups (broad SMARTS) is 1. The van der Waals surface area contributed by atoms with E-state index in [1.807, 2.05) is 48.5 Å². The molecule has 1 saturated heterocycles. The smallest absolute Gasteiger partial charge is 0.344 e. The van der Waals surface area contributed by atoms with E-state index in [1.165, 1.54) is 0 Å². The first kappa shape index (κ1) is 21.7. The standard InChI is InChI=1S/C27H23NO6/c29-24(28-14-12-27(13-15-28,26(31)32)18-6-2-1-3-7-18)17-33-19-10-11-21-20-8-4-5-9-22(20)25(30)34-23(21)16-19/h1-11,16H,12-15,17H2,(H,31,32). The third kappa shape index (κ3) is 3.79. The molecule has 1 aliphatic heterocycles. The number of fused-ring (bicyclic) bond motifs is 3. The first-order valence-electron chi connectivity index (χ1n) is 11.1. The van der Waals surface area contributed by atoms with Gasteiger partial charge in [-0.15, -0.1) is 0 Å². The number of hydrogen-bond acceptors (Lipinski definition) is 5. The van der Waals surface area contributed by atoms with Gasteiger partial charge in [0.2, 0.25) is 0 Å². The van der Waals surface area contributed by atoms with Gasteiger partial charge in [0.15, 0.2) is 6.61 Å². The number of rotatable bonds is 5. The number of amides is 1. The highest BCUT2D eigenvalue weighted by atomic mass is 16.5. The highest BCUT2D eigenvalue weighted by Gasteiger charge is 2.43. The van der Waals surface area contributed by atoms with Crippen LogP contribution in [0.5, 0.6) is 5.75 Å². The van der Waals surface area contributed by atoms with Gasteiger partial charge < -0.3 is 19.2 Å². The molecule has 1 N–H and O–H groups in total. The fourth-order valence-electron chi connectivity index (χ4n) is 4.71. The summed E-state index contributed by atoms with van der Waals surface area (Å²) in [6.45, 7) is 0.485. The predicted molar refractivity (Wildman–Crippen MR) is 127 cm³/mol. The van der Waals surface area contributed by atoms with E-state index >= 15 is 0 Å². The van der Waals surface area contributed by atoms with Crippen LogP contribution in [-0.2, 0) is 15.0 Å². The van der Waals surface area contributed by atoms with Gasteiger partial charge in [-0.05, 0) is 42.0 Å². The molecule has 1 fully saturated rings. The Balaban J connectivity index is 1.27. The summed E-state index contributed by atoms with van der Waals surface area (Å²) in [7, 11) is 0. The molecule has 0 bridgehead atoms. The molecular formula is C27H23NO6. The number of carbonyl (C=O) groups excluding carboxylic acids is 1. The van der Waals surface area contributed by atoms with E-state index in [0.717, 1.165) is 16.3 Å². The Labute approximate surface area is 195 Å². The van der Waals surface area contributed by atoms with Crippen LogP contribution in [0.2, 0.25) is 0 Å². The van der Waals surface area contributed by atoms with Crippen molar-refractivity contribution in [3.8, 4) is 5.75 Å². The SMILES string of the molecule is O=C(COc1ccc2c(c1)oc(=O)c1ccccc12)N1CCC(C(=O)O)(c2ccccc2)CC1. The van der Waals surface area contributed by atoms with Crippen molar-refractivity contribution in [3.05, 3.63) is 88.8 Å². The van der Waals surface area contributed by atoms with Gasteiger partial charge in [-0.3, -0.25) is 9.59 Å². The fourth-order valence-corrected chi connectivity index (χ4v) is 4.71. The molecule has 0 saturated carbocycles. The normalized spacial score (nSPS) is 15.4. The predicted octanol–water partition coefficient (Wildman–Crippen LogP) is 3.97. The molecular weight excluding hydrogens is 434 g/mol. The second-order valence-corrected chi connectivity index (χ2v) is 8.52. The first-order chi connectivity index (χ1) is 16.5. The monoisotopic (exact) mass is 457 g/mol. The molecule has 1 aliphatic rings. The Morgan fingerprint density at radius 3 is 2.29 bits per heavy atom. The summed E-state index contributed by atoms with van der Waals surface area (Å²) in [6.07, 6.45) is 0.679. The van der Waals surface area contributed by atoms with E-state index in [2.05, 4.69) is 0 Å². The Kier molecular flexibility index (Phi) is 5.53. The van der Waals surface area contributed by atoms with Gasteiger partial charge in [0.05, 0.1) is 10.8 Å². The van der Waals surface area contributed by atoms with Crippen LogP contribution in [-0.4, -0.2) is 41.6 Å².